The molecule has 1 amide bonds. The molecular formula is C21H22Cl2N4O2S. The summed E-state index contributed by atoms with van der Waals surface area (Å²) in [5.74, 6) is 0.372. The average Bonchev–Trinajstić information content (AvgIpc) is 2.69. The third-order valence-corrected chi connectivity index (χ3v) is 6.04. The second-order valence-corrected chi connectivity index (χ2v) is 9.44. The minimum absolute atomic E-state index is 0.0984. The van der Waals surface area contributed by atoms with Gasteiger partial charge in [0.15, 0.2) is 11.0 Å². The molecule has 0 aliphatic carbocycles. The molecule has 30 heavy (non-hydrogen) atoms. The molecule has 2 heterocycles. The number of anilines is 1. The molecule has 0 spiro atoms. The normalized spacial score (nSPS) is 12.3. The quantitative estimate of drug-likeness (QED) is 0.380. The van der Waals surface area contributed by atoms with Crippen LogP contribution in [-0.4, -0.2) is 25.7 Å². The summed E-state index contributed by atoms with van der Waals surface area (Å²) in [7, 11) is 0. The van der Waals surface area contributed by atoms with E-state index in [9.17, 15) is 9.59 Å². The number of rotatable bonds is 7. The van der Waals surface area contributed by atoms with Crippen molar-refractivity contribution < 1.29 is 4.79 Å². The van der Waals surface area contributed by atoms with Crippen LogP contribution in [0.4, 0.5) is 5.82 Å². The van der Waals surface area contributed by atoms with Gasteiger partial charge in [0.2, 0.25) is 5.91 Å². The van der Waals surface area contributed by atoms with E-state index < -0.39 is 5.25 Å². The number of benzene rings is 1. The predicted octanol–water partition coefficient (Wildman–Crippen LogP) is 5.26. The van der Waals surface area contributed by atoms with E-state index in [2.05, 4.69) is 29.1 Å². The number of carbonyl (C=O) groups is 1. The third-order valence-electron chi connectivity index (χ3n) is 4.46. The smallest absolute Gasteiger partial charge is 0.262 e. The van der Waals surface area contributed by atoms with Crippen molar-refractivity contribution >= 4 is 57.6 Å². The number of thioether (sulfide) groups is 1. The van der Waals surface area contributed by atoms with E-state index in [1.54, 1.807) is 23.6 Å². The summed E-state index contributed by atoms with van der Waals surface area (Å²) in [6, 6.07) is 8.75. The Hall–Kier alpha value is -2.09. The fourth-order valence-corrected chi connectivity index (χ4v) is 4.12. The molecule has 1 aromatic carbocycles. The zero-order valence-corrected chi connectivity index (χ0v) is 19.2. The number of hydrogen-bond acceptors (Lipinski definition) is 5. The van der Waals surface area contributed by atoms with Crippen molar-refractivity contribution in [2.45, 2.75) is 44.1 Å². The molecule has 0 saturated carbocycles. The minimum atomic E-state index is -0.531. The van der Waals surface area contributed by atoms with E-state index in [1.807, 2.05) is 12.1 Å². The highest BCUT2D eigenvalue weighted by Gasteiger charge is 2.21. The van der Waals surface area contributed by atoms with Crippen LogP contribution in [0.2, 0.25) is 10.0 Å². The van der Waals surface area contributed by atoms with Gasteiger partial charge in [-0.1, -0.05) is 60.9 Å². The number of fused-ring (bicyclic) bond motifs is 1. The van der Waals surface area contributed by atoms with Crippen LogP contribution in [0.3, 0.4) is 0 Å². The summed E-state index contributed by atoms with van der Waals surface area (Å²) in [6.07, 6.45) is 2.24. The van der Waals surface area contributed by atoms with E-state index >= 15 is 0 Å². The minimum Gasteiger partial charge on any atom is -0.308 e. The van der Waals surface area contributed by atoms with Gasteiger partial charge >= 0.3 is 0 Å². The molecule has 3 aromatic rings. The van der Waals surface area contributed by atoms with Crippen LogP contribution in [0.5, 0.6) is 0 Å². The Morgan fingerprint density at radius 3 is 2.67 bits per heavy atom. The zero-order valence-electron chi connectivity index (χ0n) is 16.9. The molecule has 0 radical (unpaired) electrons. The molecule has 0 aliphatic rings. The second-order valence-electron chi connectivity index (χ2n) is 7.28. The summed E-state index contributed by atoms with van der Waals surface area (Å²) in [4.78, 5) is 34.5. The Kier molecular flexibility index (Phi) is 7.39. The van der Waals surface area contributed by atoms with Crippen molar-refractivity contribution in [3.05, 3.63) is 56.9 Å². The Labute approximate surface area is 189 Å². The summed E-state index contributed by atoms with van der Waals surface area (Å²) in [5.41, 5.74) is 0.514. The number of aromatic nitrogens is 3. The molecule has 1 atom stereocenters. The van der Waals surface area contributed by atoms with E-state index in [-0.39, 0.29) is 22.3 Å². The van der Waals surface area contributed by atoms with Gasteiger partial charge in [0, 0.05) is 12.7 Å². The highest BCUT2D eigenvalue weighted by molar-refractivity contribution is 8.00. The summed E-state index contributed by atoms with van der Waals surface area (Å²) < 4.78 is 1.66. The largest absolute Gasteiger partial charge is 0.308 e. The highest BCUT2D eigenvalue weighted by atomic mass is 35.5. The van der Waals surface area contributed by atoms with Gasteiger partial charge in [0.25, 0.3) is 5.56 Å². The summed E-state index contributed by atoms with van der Waals surface area (Å²) in [6.45, 7) is 6.49. The lowest BCUT2D eigenvalue weighted by Gasteiger charge is -2.17. The molecule has 158 valence electrons. The van der Waals surface area contributed by atoms with Gasteiger partial charge in [-0.15, -0.1) is 0 Å². The molecule has 0 bridgehead atoms. The lowest BCUT2D eigenvalue weighted by Crippen LogP contribution is -2.27. The average molecular weight is 465 g/mol. The van der Waals surface area contributed by atoms with Crippen molar-refractivity contribution in [1.29, 1.82) is 0 Å². The van der Waals surface area contributed by atoms with Gasteiger partial charge in [-0.05, 0) is 37.5 Å². The van der Waals surface area contributed by atoms with E-state index in [0.29, 0.717) is 33.5 Å². The fraction of sp³-hybridized carbons (Fsp3) is 0.333. The Morgan fingerprint density at radius 2 is 1.97 bits per heavy atom. The van der Waals surface area contributed by atoms with Gasteiger partial charge in [-0.2, -0.15) is 0 Å². The maximum Gasteiger partial charge on any atom is 0.262 e. The van der Waals surface area contributed by atoms with Gasteiger partial charge in [0.05, 0.1) is 26.2 Å². The third kappa shape index (κ3) is 5.33. The second kappa shape index (κ2) is 9.81. The lowest BCUT2D eigenvalue weighted by molar-refractivity contribution is -0.115. The number of para-hydroxylation sites is 1. The van der Waals surface area contributed by atoms with E-state index in [0.717, 1.165) is 6.42 Å². The molecule has 0 aliphatic heterocycles. The molecule has 0 fully saturated rings. The van der Waals surface area contributed by atoms with Gasteiger partial charge in [-0.3, -0.25) is 14.2 Å². The first-order chi connectivity index (χ1) is 14.3. The standard InChI is InChI=1S/C21H22Cl2N4O2S/c1-12(2)8-9-27-20(29)15-6-4-5-7-17(15)25-21(27)30-13(3)19(28)26-18-16(23)10-14(22)11-24-18/h4-7,10-13H,8-9H2,1-3H3,(H,24,26,28). The van der Waals surface area contributed by atoms with Gasteiger partial charge in [-0.25, -0.2) is 9.97 Å². The van der Waals surface area contributed by atoms with Gasteiger partial charge < -0.3 is 5.32 Å². The molecular weight excluding hydrogens is 443 g/mol. The summed E-state index contributed by atoms with van der Waals surface area (Å²) in [5, 5.41) is 3.89. The van der Waals surface area contributed by atoms with Crippen molar-refractivity contribution in [2.24, 2.45) is 5.92 Å². The Balaban J connectivity index is 1.88. The highest BCUT2D eigenvalue weighted by Crippen LogP contribution is 2.26. The Morgan fingerprint density at radius 1 is 1.23 bits per heavy atom. The lowest BCUT2D eigenvalue weighted by atomic mass is 10.1. The monoisotopic (exact) mass is 464 g/mol. The molecule has 3 rings (SSSR count). The Bertz CT molecular complexity index is 1130. The molecule has 1 N–H and O–H groups in total. The predicted molar refractivity (Wildman–Crippen MR) is 124 cm³/mol. The van der Waals surface area contributed by atoms with E-state index in [1.165, 1.54) is 24.0 Å². The first kappa shape index (κ1) is 22.6. The van der Waals surface area contributed by atoms with Crippen LogP contribution in [0.15, 0.2) is 46.5 Å². The fourth-order valence-electron chi connectivity index (χ4n) is 2.76. The van der Waals surface area contributed by atoms with Crippen molar-refractivity contribution in [3.63, 3.8) is 0 Å². The number of nitrogens with one attached hydrogen (secondary N) is 1. The van der Waals surface area contributed by atoms with Crippen LogP contribution in [0, 0.1) is 5.92 Å². The number of nitrogens with zero attached hydrogens (tertiary/aromatic N) is 3. The van der Waals surface area contributed by atoms with Crippen LogP contribution in [-0.2, 0) is 11.3 Å². The van der Waals surface area contributed by atoms with Crippen molar-refractivity contribution in [3.8, 4) is 0 Å². The van der Waals surface area contributed by atoms with E-state index in [4.69, 9.17) is 23.2 Å². The summed E-state index contributed by atoms with van der Waals surface area (Å²) >= 11 is 13.2. The molecule has 6 nitrogen and oxygen atoms in total. The topological polar surface area (TPSA) is 76.9 Å². The van der Waals surface area contributed by atoms with Crippen LogP contribution in [0.25, 0.3) is 10.9 Å². The number of hydrogen-bond donors (Lipinski definition) is 1. The molecule has 1 unspecified atom stereocenters. The van der Waals surface area contributed by atoms with Crippen LogP contribution >= 0.6 is 35.0 Å². The molecule has 0 saturated heterocycles. The first-order valence-corrected chi connectivity index (χ1v) is 11.2. The van der Waals surface area contributed by atoms with Gasteiger partial charge in [0.1, 0.15) is 0 Å². The number of amides is 1. The zero-order chi connectivity index (χ0) is 21.8. The van der Waals surface area contributed by atoms with Crippen LogP contribution < -0.4 is 10.9 Å². The van der Waals surface area contributed by atoms with Crippen molar-refractivity contribution in [2.75, 3.05) is 5.32 Å². The number of carbonyl (C=O) groups excluding carboxylic acids is 1. The van der Waals surface area contributed by atoms with Crippen molar-refractivity contribution in [1.82, 2.24) is 14.5 Å². The maximum absolute atomic E-state index is 13.0. The van der Waals surface area contributed by atoms with Crippen LogP contribution in [0.1, 0.15) is 27.2 Å². The number of pyridine rings is 1. The molecule has 9 heteroatoms. The maximum atomic E-state index is 13.0. The SMILES string of the molecule is CC(C)CCn1c(SC(C)C(=O)Nc2ncc(Cl)cc2Cl)nc2ccccc2c1=O. The molecule has 2 aromatic heterocycles. The number of halogens is 2. The first-order valence-electron chi connectivity index (χ1n) is 9.54.